The molecule has 5 nitrogen and oxygen atoms in total. The van der Waals surface area contributed by atoms with E-state index in [1.807, 2.05) is 36.4 Å². The molecule has 0 fully saturated rings. The fourth-order valence-electron chi connectivity index (χ4n) is 3.44. The maximum Gasteiger partial charge on any atom is 0.259 e. The van der Waals surface area contributed by atoms with Crippen LogP contribution in [0.3, 0.4) is 0 Å². The van der Waals surface area contributed by atoms with E-state index in [1.54, 1.807) is 30.2 Å². The van der Waals surface area contributed by atoms with Gasteiger partial charge in [0, 0.05) is 29.1 Å². The van der Waals surface area contributed by atoms with Gasteiger partial charge < -0.3 is 15.0 Å². The molecule has 0 atom stereocenters. The first-order valence-electron chi connectivity index (χ1n) is 9.81. The van der Waals surface area contributed by atoms with Gasteiger partial charge >= 0.3 is 0 Å². The number of benzene rings is 3. The van der Waals surface area contributed by atoms with Crippen LogP contribution in [0, 0.1) is 5.82 Å². The molecule has 1 heterocycles. The molecule has 0 bridgehead atoms. The Morgan fingerprint density at radius 2 is 1.90 bits per heavy atom. The third-order valence-corrected chi connectivity index (χ3v) is 6.01. The Kier molecular flexibility index (Phi) is 6.34. The van der Waals surface area contributed by atoms with Gasteiger partial charge in [0.15, 0.2) is 0 Å². The molecule has 2 amide bonds. The van der Waals surface area contributed by atoms with Crippen molar-refractivity contribution in [1.29, 1.82) is 0 Å². The number of halogens is 1. The first-order chi connectivity index (χ1) is 15.0. The van der Waals surface area contributed by atoms with E-state index in [9.17, 15) is 14.0 Å². The van der Waals surface area contributed by atoms with Crippen molar-refractivity contribution in [2.45, 2.75) is 16.2 Å². The zero-order valence-electron chi connectivity index (χ0n) is 16.9. The summed E-state index contributed by atoms with van der Waals surface area (Å²) in [5.41, 5.74) is 2.63. The minimum Gasteiger partial charge on any atom is -0.383 e. The molecule has 31 heavy (non-hydrogen) atoms. The normalized spacial score (nSPS) is 12.7. The van der Waals surface area contributed by atoms with E-state index >= 15 is 0 Å². The number of carbonyl (C=O) groups excluding carboxylic acids is 2. The number of hydrogen-bond donors (Lipinski definition) is 1. The average Bonchev–Trinajstić information content (AvgIpc) is 2.86. The molecule has 158 valence electrons. The van der Waals surface area contributed by atoms with E-state index in [2.05, 4.69) is 5.32 Å². The van der Waals surface area contributed by atoms with Crippen LogP contribution in [0.5, 0.6) is 0 Å². The van der Waals surface area contributed by atoms with E-state index in [0.29, 0.717) is 30.0 Å². The Balaban J connectivity index is 1.61. The standard InChI is InChI=1S/C24H21FN2O3S/c1-30-12-11-27-20-10-9-18(26-23(28)14-16-5-4-6-17(25)13-16)15-22(20)31-21-8-3-2-7-19(21)24(27)29/h2-10,13,15H,11-12,14H2,1H3,(H,26,28). The summed E-state index contributed by atoms with van der Waals surface area (Å²) in [4.78, 5) is 29.0. The third kappa shape index (κ3) is 4.78. The fourth-order valence-corrected chi connectivity index (χ4v) is 4.56. The van der Waals surface area contributed by atoms with Crippen LogP contribution in [0.4, 0.5) is 15.8 Å². The van der Waals surface area contributed by atoms with Crippen LogP contribution in [-0.4, -0.2) is 32.1 Å². The van der Waals surface area contributed by atoms with Crippen molar-refractivity contribution in [2.24, 2.45) is 0 Å². The highest BCUT2D eigenvalue weighted by Gasteiger charge is 2.27. The molecule has 0 saturated carbocycles. The smallest absolute Gasteiger partial charge is 0.259 e. The predicted molar refractivity (Wildman–Crippen MR) is 119 cm³/mol. The molecule has 3 aromatic carbocycles. The molecular weight excluding hydrogens is 415 g/mol. The van der Waals surface area contributed by atoms with Crippen molar-refractivity contribution < 1.29 is 18.7 Å². The number of ether oxygens (including phenoxy) is 1. The Bertz CT molecular complexity index is 1140. The number of nitrogens with one attached hydrogen (secondary N) is 1. The monoisotopic (exact) mass is 436 g/mol. The first kappa shape index (κ1) is 21.1. The van der Waals surface area contributed by atoms with Crippen LogP contribution in [0.2, 0.25) is 0 Å². The van der Waals surface area contributed by atoms with Gasteiger partial charge in [0.25, 0.3) is 5.91 Å². The molecule has 0 aliphatic carbocycles. The van der Waals surface area contributed by atoms with Crippen molar-refractivity contribution in [3.05, 3.63) is 83.7 Å². The molecule has 7 heteroatoms. The lowest BCUT2D eigenvalue weighted by atomic mass is 10.1. The fraction of sp³-hybridized carbons (Fsp3) is 0.167. The van der Waals surface area contributed by atoms with Crippen LogP contribution in [0.25, 0.3) is 0 Å². The van der Waals surface area contributed by atoms with Gasteiger partial charge in [-0.2, -0.15) is 0 Å². The summed E-state index contributed by atoms with van der Waals surface area (Å²) in [6.45, 7) is 0.826. The van der Waals surface area contributed by atoms with Gasteiger partial charge in [-0.25, -0.2) is 4.39 Å². The molecule has 0 aromatic heterocycles. The van der Waals surface area contributed by atoms with E-state index in [4.69, 9.17) is 4.74 Å². The second-order valence-electron chi connectivity index (χ2n) is 7.09. The highest BCUT2D eigenvalue weighted by atomic mass is 32.2. The Hall–Kier alpha value is -3.16. The number of carbonyl (C=O) groups is 2. The summed E-state index contributed by atoms with van der Waals surface area (Å²) in [5.74, 6) is -0.690. The van der Waals surface area contributed by atoms with Gasteiger partial charge in [0.1, 0.15) is 5.82 Å². The molecular formula is C24H21FN2O3S. The SMILES string of the molecule is COCCN1C(=O)c2ccccc2Sc2cc(NC(=O)Cc3cccc(F)c3)ccc21. The molecule has 1 N–H and O–H groups in total. The van der Waals surface area contributed by atoms with Crippen molar-refractivity contribution in [3.8, 4) is 0 Å². The predicted octanol–water partition coefficient (Wildman–Crippen LogP) is 4.76. The van der Waals surface area contributed by atoms with Crippen molar-refractivity contribution in [3.63, 3.8) is 0 Å². The number of amides is 2. The van der Waals surface area contributed by atoms with Crippen LogP contribution in [0.15, 0.2) is 76.5 Å². The molecule has 4 rings (SSSR count). The van der Waals surface area contributed by atoms with Gasteiger partial charge in [-0.15, -0.1) is 0 Å². The number of methoxy groups -OCH3 is 1. The van der Waals surface area contributed by atoms with Crippen LogP contribution in [0.1, 0.15) is 15.9 Å². The van der Waals surface area contributed by atoms with Crippen molar-refractivity contribution in [2.75, 3.05) is 30.5 Å². The summed E-state index contributed by atoms with van der Waals surface area (Å²) >= 11 is 1.49. The van der Waals surface area contributed by atoms with Crippen LogP contribution in [-0.2, 0) is 16.0 Å². The molecule has 0 unspecified atom stereocenters. The van der Waals surface area contributed by atoms with Crippen LogP contribution >= 0.6 is 11.8 Å². The maximum absolute atomic E-state index is 13.4. The van der Waals surface area contributed by atoms with Crippen molar-refractivity contribution >= 4 is 35.0 Å². The van der Waals surface area contributed by atoms with Gasteiger partial charge in [-0.05, 0) is 48.0 Å². The molecule has 3 aromatic rings. The van der Waals surface area contributed by atoms with Gasteiger partial charge in [-0.3, -0.25) is 9.59 Å². The molecule has 0 saturated heterocycles. The zero-order chi connectivity index (χ0) is 21.8. The van der Waals surface area contributed by atoms with E-state index in [0.717, 1.165) is 15.5 Å². The summed E-state index contributed by atoms with van der Waals surface area (Å²) in [5, 5.41) is 2.87. The Morgan fingerprint density at radius 3 is 2.71 bits per heavy atom. The lowest BCUT2D eigenvalue weighted by Gasteiger charge is -2.23. The number of nitrogens with zero attached hydrogens (tertiary/aromatic N) is 1. The van der Waals surface area contributed by atoms with Crippen molar-refractivity contribution in [1.82, 2.24) is 0 Å². The highest BCUT2D eigenvalue weighted by Crippen LogP contribution is 2.42. The second-order valence-corrected chi connectivity index (χ2v) is 8.17. The summed E-state index contributed by atoms with van der Waals surface area (Å²) in [6, 6.07) is 18.9. The lowest BCUT2D eigenvalue weighted by molar-refractivity contribution is -0.115. The van der Waals surface area contributed by atoms with Crippen LogP contribution < -0.4 is 10.2 Å². The van der Waals surface area contributed by atoms with Gasteiger partial charge in [-0.1, -0.05) is 36.0 Å². The average molecular weight is 437 g/mol. The molecule has 0 spiro atoms. The number of anilines is 2. The second kappa shape index (κ2) is 9.32. The maximum atomic E-state index is 13.4. The highest BCUT2D eigenvalue weighted by molar-refractivity contribution is 7.99. The Morgan fingerprint density at radius 1 is 1.06 bits per heavy atom. The first-order valence-corrected chi connectivity index (χ1v) is 10.6. The number of hydrogen-bond acceptors (Lipinski definition) is 4. The minimum atomic E-state index is -0.369. The Labute approximate surface area is 184 Å². The van der Waals surface area contributed by atoms with Gasteiger partial charge in [0.05, 0.1) is 24.3 Å². The molecule has 0 radical (unpaired) electrons. The number of fused-ring (bicyclic) bond motifs is 2. The van der Waals surface area contributed by atoms with E-state index in [1.165, 1.54) is 23.9 Å². The largest absolute Gasteiger partial charge is 0.383 e. The zero-order valence-corrected chi connectivity index (χ0v) is 17.7. The quantitative estimate of drug-likeness (QED) is 0.605. The summed E-state index contributed by atoms with van der Waals surface area (Å²) in [7, 11) is 1.60. The molecule has 1 aliphatic rings. The minimum absolute atomic E-state index is 0.0727. The van der Waals surface area contributed by atoms with E-state index in [-0.39, 0.29) is 24.1 Å². The number of rotatable bonds is 6. The topological polar surface area (TPSA) is 58.6 Å². The van der Waals surface area contributed by atoms with E-state index < -0.39 is 0 Å². The lowest BCUT2D eigenvalue weighted by Crippen LogP contribution is -2.33. The third-order valence-electron chi connectivity index (χ3n) is 4.89. The molecule has 1 aliphatic heterocycles. The van der Waals surface area contributed by atoms with Gasteiger partial charge in [0.2, 0.25) is 5.91 Å². The summed E-state index contributed by atoms with van der Waals surface area (Å²) < 4.78 is 18.6. The summed E-state index contributed by atoms with van der Waals surface area (Å²) in [6.07, 6.45) is 0.0727.